The minimum atomic E-state index is -0.501. The monoisotopic (exact) mass is 467 g/mol. The number of anilines is 1. The molecule has 0 radical (unpaired) electrons. The first-order chi connectivity index (χ1) is 14.4. The molecule has 3 aromatic rings. The molecule has 0 aliphatic rings. The topological polar surface area (TPSA) is 103 Å². The zero-order valence-electron chi connectivity index (χ0n) is 17.7. The van der Waals surface area contributed by atoms with Crippen LogP contribution in [0.1, 0.15) is 43.2 Å². The van der Waals surface area contributed by atoms with Crippen molar-refractivity contribution < 1.29 is 14.0 Å². The van der Waals surface area contributed by atoms with Gasteiger partial charge in [0.1, 0.15) is 23.2 Å². The van der Waals surface area contributed by atoms with Crippen LogP contribution < -0.4 is 11.1 Å². The molecule has 2 aromatic heterocycles. The summed E-state index contributed by atoms with van der Waals surface area (Å²) in [5, 5.41) is 2.48. The molecule has 0 saturated heterocycles. The van der Waals surface area contributed by atoms with Crippen LogP contribution in [0.5, 0.6) is 0 Å². The first-order valence-corrected chi connectivity index (χ1v) is 10.1. The zero-order chi connectivity index (χ0) is 23.3. The van der Waals surface area contributed by atoms with E-state index in [4.69, 9.17) is 28.9 Å². The predicted molar refractivity (Wildman–Crippen MR) is 120 cm³/mol. The standard InChI is InChI=1S/C15H13ClFN5O.C6H11ClO/c1-22-6-11(18)12-14(22)13(21-7-20-12)15(23)19-5-8-2-3-10(17)9(16)4-8;1-6(2,3)4-5(7)8/h2-4,6-7H,5,18H2,1H3,(H,19,23);4H2,1-3H3. The number of carbonyl (C=O) groups excluding carboxylic acids is 2. The van der Waals surface area contributed by atoms with Crippen molar-refractivity contribution in [3.63, 3.8) is 0 Å². The van der Waals surface area contributed by atoms with Gasteiger partial charge in [-0.05, 0) is 34.7 Å². The van der Waals surface area contributed by atoms with Gasteiger partial charge < -0.3 is 15.6 Å². The van der Waals surface area contributed by atoms with Crippen molar-refractivity contribution in [2.45, 2.75) is 33.7 Å². The van der Waals surface area contributed by atoms with Crippen molar-refractivity contribution in [1.82, 2.24) is 19.9 Å². The summed E-state index contributed by atoms with van der Waals surface area (Å²) in [5.41, 5.74) is 8.35. The highest BCUT2D eigenvalue weighted by molar-refractivity contribution is 6.63. The zero-order valence-corrected chi connectivity index (χ0v) is 19.2. The van der Waals surface area contributed by atoms with Gasteiger partial charge in [0.15, 0.2) is 5.69 Å². The third-order valence-corrected chi connectivity index (χ3v) is 4.53. The molecule has 0 fully saturated rings. The van der Waals surface area contributed by atoms with E-state index in [1.54, 1.807) is 23.9 Å². The highest BCUT2D eigenvalue weighted by Gasteiger charge is 2.17. The number of carbonyl (C=O) groups is 2. The number of hydrogen-bond acceptors (Lipinski definition) is 5. The second-order valence-corrected chi connectivity index (χ2v) is 8.97. The second kappa shape index (κ2) is 10.1. The first kappa shape index (κ1) is 24.6. The van der Waals surface area contributed by atoms with Crippen molar-refractivity contribution in [1.29, 1.82) is 0 Å². The Hall–Kier alpha value is -2.71. The van der Waals surface area contributed by atoms with Crippen molar-refractivity contribution in [3.8, 4) is 0 Å². The number of fused-ring (bicyclic) bond motifs is 1. The van der Waals surface area contributed by atoms with E-state index in [1.807, 2.05) is 20.8 Å². The summed E-state index contributed by atoms with van der Waals surface area (Å²) < 4.78 is 14.8. The van der Waals surface area contributed by atoms with Gasteiger partial charge in [0.2, 0.25) is 5.24 Å². The number of hydrogen-bond donors (Lipinski definition) is 2. The molecule has 0 bridgehead atoms. The molecule has 0 unspecified atom stereocenters. The minimum Gasteiger partial charge on any atom is -0.396 e. The lowest BCUT2D eigenvalue weighted by Crippen LogP contribution is -2.24. The van der Waals surface area contributed by atoms with Gasteiger partial charge in [-0.3, -0.25) is 9.59 Å². The summed E-state index contributed by atoms with van der Waals surface area (Å²) in [6, 6.07) is 4.27. The lowest BCUT2D eigenvalue weighted by Gasteiger charge is -2.13. The summed E-state index contributed by atoms with van der Waals surface area (Å²) in [6.45, 7) is 6.14. The molecule has 10 heteroatoms. The molecule has 0 aliphatic heterocycles. The Morgan fingerprint density at radius 2 is 1.94 bits per heavy atom. The molecule has 166 valence electrons. The van der Waals surface area contributed by atoms with E-state index < -0.39 is 5.82 Å². The molecule has 31 heavy (non-hydrogen) atoms. The van der Waals surface area contributed by atoms with Gasteiger partial charge in [0.05, 0.1) is 10.7 Å². The van der Waals surface area contributed by atoms with Gasteiger partial charge in [-0.2, -0.15) is 0 Å². The van der Waals surface area contributed by atoms with Crippen molar-refractivity contribution in [2.24, 2.45) is 12.5 Å². The summed E-state index contributed by atoms with van der Waals surface area (Å²) in [4.78, 5) is 30.7. The van der Waals surface area contributed by atoms with E-state index in [1.165, 1.54) is 18.5 Å². The number of benzene rings is 1. The van der Waals surface area contributed by atoms with Crippen LogP contribution in [0.4, 0.5) is 10.1 Å². The third kappa shape index (κ3) is 6.90. The first-order valence-electron chi connectivity index (χ1n) is 9.35. The van der Waals surface area contributed by atoms with Crippen LogP contribution in [0.15, 0.2) is 30.7 Å². The number of nitrogens with one attached hydrogen (secondary N) is 1. The van der Waals surface area contributed by atoms with Crippen LogP contribution >= 0.6 is 23.2 Å². The summed E-state index contributed by atoms with van der Waals surface area (Å²) >= 11 is 10.8. The molecule has 7 nitrogen and oxygen atoms in total. The molecule has 2 heterocycles. The van der Waals surface area contributed by atoms with Gasteiger partial charge in [-0.15, -0.1) is 0 Å². The van der Waals surface area contributed by atoms with Gasteiger partial charge in [-0.1, -0.05) is 38.4 Å². The van der Waals surface area contributed by atoms with E-state index in [9.17, 15) is 14.0 Å². The summed E-state index contributed by atoms with van der Waals surface area (Å²) in [6.07, 6.45) is 3.42. The highest BCUT2D eigenvalue weighted by Crippen LogP contribution is 2.22. The van der Waals surface area contributed by atoms with E-state index in [2.05, 4.69) is 15.3 Å². The van der Waals surface area contributed by atoms with Crippen molar-refractivity contribution in [2.75, 3.05) is 5.73 Å². The Bertz CT molecular complexity index is 1110. The van der Waals surface area contributed by atoms with Crippen LogP contribution in [0, 0.1) is 11.2 Å². The number of aromatic nitrogens is 3. The fraction of sp³-hybridized carbons (Fsp3) is 0.333. The Balaban J connectivity index is 0.000000366. The molecule has 3 rings (SSSR count). The number of amides is 1. The number of aryl methyl sites for hydroxylation is 1. The minimum absolute atomic E-state index is 0.0105. The average molecular weight is 468 g/mol. The molecular weight excluding hydrogens is 444 g/mol. The summed E-state index contributed by atoms with van der Waals surface area (Å²) in [7, 11) is 1.76. The molecule has 3 N–H and O–H groups in total. The maximum Gasteiger partial charge on any atom is 0.272 e. The smallest absolute Gasteiger partial charge is 0.272 e. The van der Waals surface area contributed by atoms with Gasteiger partial charge in [0.25, 0.3) is 5.91 Å². The Morgan fingerprint density at radius 3 is 2.48 bits per heavy atom. The van der Waals surface area contributed by atoms with E-state index >= 15 is 0 Å². The van der Waals surface area contributed by atoms with Gasteiger partial charge >= 0.3 is 0 Å². The maximum absolute atomic E-state index is 13.1. The van der Waals surface area contributed by atoms with Crippen molar-refractivity contribution >= 4 is 51.1 Å². The maximum atomic E-state index is 13.1. The second-order valence-electron chi connectivity index (χ2n) is 8.14. The van der Waals surface area contributed by atoms with Crippen LogP contribution in [0.3, 0.4) is 0 Å². The van der Waals surface area contributed by atoms with Crippen molar-refractivity contribution in [3.05, 3.63) is 52.8 Å². The van der Waals surface area contributed by atoms with Crippen LogP contribution in [0.25, 0.3) is 11.0 Å². The fourth-order valence-corrected chi connectivity index (χ4v) is 3.36. The molecule has 0 spiro atoms. The highest BCUT2D eigenvalue weighted by atomic mass is 35.5. The quantitative estimate of drug-likeness (QED) is 0.551. The average Bonchev–Trinajstić information content (AvgIpc) is 2.95. The van der Waals surface area contributed by atoms with Crippen LogP contribution in [-0.4, -0.2) is 25.7 Å². The lowest BCUT2D eigenvalue weighted by atomic mass is 9.93. The largest absolute Gasteiger partial charge is 0.396 e. The Morgan fingerprint density at radius 1 is 1.26 bits per heavy atom. The molecule has 0 atom stereocenters. The molecule has 0 saturated carbocycles. The lowest BCUT2D eigenvalue weighted by molar-refractivity contribution is -0.113. The fourth-order valence-electron chi connectivity index (χ4n) is 2.76. The van der Waals surface area contributed by atoms with Crippen LogP contribution in [-0.2, 0) is 18.4 Å². The van der Waals surface area contributed by atoms with Crippen LogP contribution in [0.2, 0.25) is 5.02 Å². The SMILES string of the molecule is CC(C)(C)CC(=O)Cl.Cn1cc(N)c2ncnc(C(=O)NCc3ccc(F)c(Cl)c3)c21. The Labute approximate surface area is 189 Å². The molecule has 0 aliphatic carbocycles. The third-order valence-electron chi connectivity index (χ3n) is 4.10. The molecule has 1 aromatic carbocycles. The van der Waals surface area contributed by atoms with E-state index in [0.717, 1.165) is 0 Å². The van der Waals surface area contributed by atoms with Gasteiger partial charge in [0, 0.05) is 26.2 Å². The predicted octanol–water partition coefficient (Wildman–Crippen LogP) is 4.46. The van der Waals surface area contributed by atoms with Gasteiger partial charge in [-0.25, -0.2) is 14.4 Å². The normalized spacial score (nSPS) is 11.1. The molecular formula is C21H24Cl2FN5O2. The number of rotatable bonds is 4. The molecule has 1 amide bonds. The number of halogens is 3. The number of nitrogens with zero attached hydrogens (tertiary/aromatic N) is 3. The van der Waals surface area contributed by atoms with E-state index in [0.29, 0.717) is 28.7 Å². The number of nitrogens with two attached hydrogens (primary N) is 1. The summed E-state index contributed by atoms with van der Waals surface area (Å²) in [5.74, 6) is -0.877. The van der Waals surface area contributed by atoms with E-state index in [-0.39, 0.29) is 33.8 Å². The number of nitrogen functional groups attached to an aromatic ring is 1. The Kier molecular flexibility index (Phi) is 7.97.